The predicted octanol–water partition coefficient (Wildman–Crippen LogP) is 3.71. The summed E-state index contributed by atoms with van der Waals surface area (Å²) in [4.78, 5) is 0. The van der Waals surface area contributed by atoms with Crippen molar-refractivity contribution in [2.24, 2.45) is 0 Å². The summed E-state index contributed by atoms with van der Waals surface area (Å²) in [6.07, 6.45) is 0. The zero-order valence-corrected chi connectivity index (χ0v) is 13.1. The predicted molar refractivity (Wildman–Crippen MR) is 84.6 cm³/mol. The summed E-state index contributed by atoms with van der Waals surface area (Å²) in [7, 11) is 0. The minimum atomic E-state index is -0.220. The molecule has 0 bridgehead atoms. The number of aryl methyl sites for hydroxylation is 2. The zero-order valence-electron chi connectivity index (χ0n) is 12.3. The number of rotatable bonds is 4. The van der Waals surface area contributed by atoms with Gasteiger partial charge in [-0.2, -0.15) is 5.10 Å². The van der Waals surface area contributed by atoms with E-state index in [1.54, 1.807) is 28.6 Å². The summed E-state index contributed by atoms with van der Waals surface area (Å²) in [5, 5.41) is 13.6. The van der Waals surface area contributed by atoms with Crippen LogP contribution in [0.1, 0.15) is 17.0 Å². The number of aromatic nitrogens is 4. The Morgan fingerprint density at radius 3 is 2.41 bits per heavy atom. The van der Waals surface area contributed by atoms with Crippen molar-refractivity contribution < 1.29 is 4.39 Å². The highest BCUT2D eigenvalue weighted by Gasteiger charge is 2.06. The van der Waals surface area contributed by atoms with Gasteiger partial charge >= 0.3 is 0 Å². The van der Waals surface area contributed by atoms with Crippen molar-refractivity contribution in [2.75, 3.05) is 0 Å². The molecule has 0 fully saturated rings. The van der Waals surface area contributed by atoms with Crippen LogP contribution in [0.5, 0.6) is 0 Å². The Morgan fingerprint density at radius 1 is 1.05 bits per heavy atom. The lowest BCUT2D eigenvalue weighted by atomic mass is 10.2. The molecule has 0 saturated heterocycles. The van der Waals surface area contributed by atoms with Gasteiger partial charge in [0.1, 0.15) is 10.8 Å². The van der Waals surface area contributed by atoms with Crippen molar-refractivity contribution in [3.8, 4) is 5.82 Å². The van der Waals surface area contributed by atoms with Crippen LogP contribution in [0.2, 0.25) is 0 Å². The summed E-state index contributed by atoms with van der Waals surface area (Å²) in [5.41, 5.74) is 3.03. The number of nitrogens with zero attached hydrogens (tertiary/aromatic N) is 4. The molecule has 0 aliphatic carbocycles. The van der Waals surface area contributed by atoms with E-state index in [2.05, 4.69) is 15.3 Å². The van der Waals surface area contributed by atoms with Crippen molar-refractivity contribution in [3.05, 3.63) is 65.2 Å². The molecule has 0 amide bonds. The van der Waals surface area contributed by atoms with Crippen LogP contribution in [0.3, 0.4) is 0 Å². The first-order chi connectivity index (χ1) is 10.6. The largest absolute Gasteiger partial charge is 0.218 e. The number of hydrogen-bond acceptors (Lipinski definition) is 4. The molecule has 0 atom stereocenters. The van der Waals surface area contributed by atoms with Crippen LogP contribution >= 0.6 is 11.8 Å². The van der Waals surface area contributed by atoms with Crippen molar-refractivity contribution in [1.29, 1.82) is 0 Å². The lowest BCUT2D eigenvalue weighted by molar-refractivity contribution is 0.627. The van der Waals surface area contributed by atoms with Gasteiger partial charge in [-0.1, -0.05) is 23.9 Å². The van der Waals surface area contributed by atoms with Gasteiger partial charge in [-0.3, -0.25) is 0 Å². The monoisotopic (exact) mass is 314 g/mol. The van der Waals surface area contributed by atoms with E-state index in [9.17, 15) is 4.39 Å². The SMILES string of the molecule is Cc1cc(C)n(-c2ccc(SCc3ccc(F)cc3)nn2)n1. The molecule has 3 rings (SSSR count). The Balaban J connectivity index is 1.69. The second-order valence-corrected chi connectivity index (χ2v) is 5.98. The molecule has 22 heavy (non-hydrogen) atoms. The first kappa shape index (κ1) is 14.7. The Bertz CT molecular complexity index is 766. The maximum Gasteiger partial charge on any atom is 0.175 e. The number of hydrogen-bond donors (Lipinski definition) is 0. The van der Waals surface area contributed by atoms with Gasteiger partial charge in [0.15, 0.2) is 5.82 Å². The lowest BCUT2D eigenvalue weighted by Gasteiger charge is -2.04. The van der Waals surface area contributed by atoms with Gasteiger partial charge in [0.2, 0.25) is 0 Å². The molecule has 0 N–H and O–H groups in total. The van der Waals surface area contributed by atoms with Crippen molar-refractivity contribution >= 4 is 11.8 Å². The van der Waals surface area contributed by atoms with Crippen LogP contribution in [0.4, 0.5) is 4.39 Å². The average molecular weight is 314 g/mol. The molecule has 3 aromatic rings. The third-order valence-corrected chi connectivity index (χ3v) is 4.14. The fraction of sp³-hybridized carbons (Fsp3) is 0.188. The van der Waals surface area contributed by atoms with Crippen LogP contribution in [0.15, 0.2) is 47.5 Å². The molecule has 2 heterocycles. The highest BCUT2D eigenvalue weighted by atomic mass is 32.2. The fourth-order valence-electron chi connectivity index (χ4n) is 2.10. The normalized spacial score (nSPS) is 10.9. The molecular formula is C16H15FN4S. The smallest absolute Gasteiger partial charge is 0.175 e. The van der Waals surface area contributed by atoms with E-state index in [0.29, 0.717) is 5.82 Å². The van der Waals surface area contributed by atoms with Gasteiger partial charge in [0.25, 0.3) is 0 Å². The van der Waals surface area contributed by atoms with Crippen LogP contribution in [-0.2, 0) is 5.75 Å². The van der Waals surface area contributed by atoms with Crippen molar-refractivity contribution in [2.45, 2.75) is 24.6 Å². The van der Waals surface area contributed by atoms with Crippen molar-refractivity contribution in [1.82, 2.24) is 20.0 Å². The summed E-state index contributed by atoms with van der Waals surface area (Å²) in [6, 6.07) is 12.3. The number of thioether (sulfide) groups is 1. The van der Waals surface area contributed by atoms with Crippen LogP contribution in [0.25, 0.3) is 5.82 Å². The first-order valence-corrected chi connectivity index (χ1v) is 7.85. The van der Waals surface area contributed by atoms with Crippen LogP contribution in [0, 0.1) is 19.7 Å². The molecule has 2 aromatic heterocycles. The molecule has 0 saturated carbocycles. The van der Waals surface area contributed by atoms with Gasteiger partial charge in [0, 0.05) is 11.4 Å². The topological polar surface area (TPSA) is 43.6 Å². The van der Waals surface area contributed by atoms with Crippen molar-refractivity contribution in [3.63, 3.8) is 0 Å². The van der Waals surface area contributed by atoms with E-state index in [1.807, 2.05) is 32.0 Å². The fourth-order valence-corrected chi connectivity index (χ4v) is 2.87. The molecule has 0 radical (unpaired) electrons. The molecule has 0 unspecified atom stereocenters. The standard InChI is InChI=1S/C16H15FN4S/c1-11-9-12(2)21(20-11)15-7-8-16(19-18-15)22-10-13-3-5-14(17)6-4-13/h3-9H,10H2,1-2H3. The number of halogens is 1. The Labute approximate surface area is 132 Å². The summed E-state index contributed by atoms with van der Waals surface area (Å²) in [6.45, 7) is 3.93. The molecular weight excluding hydrogens is 299 g/mol. The van der Waals surface area contributed by atoms with E-state index >= 15 is 0 Å². The second kappa shape index (κ2) is 6.27. The molecule has 6 heteroatoms. The van der Waals surface area contributed by atoms with E-state index in [-0.39, 0.29) is 5.82 Å². The maximum atomic E-state index is 12.9. The minimum absolute atomic E-state index is 0.220. The highest BCUT2D eigenvalue weighted by Crippen LogP contribution is 2.21. The van der Waals surface area contributed by atoms with Gasteiger partial charge in [0.05, 0.1) is 5.69 Å². The Morgan fingerprint density at radius 2 is 1.82 bits per heavy atom. The molecule has 0 aliphatic rings. The average Bonchev–Trinajstić information content (AvgIpc) is 2.86. The van der Waals surface area contributed by atoms with E-state index in [1.165, 1.54) is 12.1 Å². The molecule has 112 valence electrons. The second-order valence-electron chi connectivity index (χ2n) is 4.98. The van der Waals surface area contributed by atoms with Gasteiger partial charge in [-0.05, 0) is 49.7 Å². The van der Waals surface area contributed by atoms with E-state index in [0.717, 1.165) is 27.7 Å². The Kier molecular flexibility index (Phi) is 4.20. The Hall–Kier alpha value is -2.21. The molecule has 0 spiro atoms. The van der Waals surface area contributed by atoms with Crippen LogP contribution in [-0.4, -0.2) is 20.0 Å². The third kappa shape index (κ3) is 3.33. The summed E-state index contributed by atoms with van der Waals surface area (Å²) < 4.78 is 14.6. The quantitative estimate of drug-likeness (QED) is 0.689. The number of benzene rings is 1. The van der Waals surface area contributed by atoms with Gasteiger partial charge in [-0.15, -0.1) is 10.2 Å². The minimum Gasteiger partial charge on any atom is -0.218 e. The van der Waals surface area contributed by atoms with Gasteiger partial charge in [-0.25, -0.2) is 9.07 Å². The molecule has 4 nitrogen and oxygen atoms in total. The van der Waals surface area contributed by atoms with E-state index < -0.39 is 0 Å². The maximum absolute atomic E-state index is 12.9. The zero-order chi connectivity index (χ0) is 15.5. The summed E-state index contributed by atoms with van der Waals surface area (Å²) >= 11 is 1.57. The molecule has 1 aromatic carbocycles. The van der Waals surface area contributed by atoms with E-state index in [4.69, 9.17) is 0 Å². The molecule has 0 aliphatic heterocycles. The lowest BCUT2D eigenvalue weighted by Crippen LogP contribution is -2.03. The van der Waals surface area contributed by atoms with Crippen LogP contribution < -0.4 is 0 Å². The highest BCUT2D eigenvalue weighted by molar-refractivity contribution is 7.98. The third-order valence-electron chi connectivity index (χ3n) is 3.15. The first-order valence-electron chi connectivity index (χ1n) is 6.86. The van der Waals surface area contributed by atoms with Gasteiger partial charge < -0.3 is 0 Å². The summed E-state index contributed by atoms with van der Waals surface area (Å²) in [5.74, 6) is 1.22.